The number of carbonyl (C=O) groups is 1. The number of carbonyl (C=O) groups excluding carboxylic acids is 1. The number of amides is 1. The minimum Gasteiger partial charge on any atom is -0.423 e. The first-order valence-electron chi connectivity index (χ1n) is 9.53. The number of oxazole rings is 1. The number of aryl methyl sites for hydroxylation is 1. The number of fused-ring (bicyclic) bond motifs is 1. The minimum absolute atomic E-state index is 0.0871. The van der Waals surface area contributed by atoms with E-state index in [1.165, 1.54) is 6.07 Å². The molecule has 1 aromatic heterocycles. The molecule has 152 valence electrons. The number of hydrogen-bond donors (Lipinski definition) is 1. The van der Waals surface area contributed by atoms with Crippen molar-refractivity contribution in [2.45, 2.75) is 24.7 Å². The van der Waals surface area contributed by atoms with Crippen molar-refractivity contribution in [3.63, 3.8) is 0 Å². The number of anilines is 2. The molecule has 1 fully saturated rings. The van der Waals surface area contributed by atoms with Gasteiger partial charge in [-0.1, -0.05) is 18.2 Å². The lowest BCUT2D eigenvalue weighted by molar-refractivity contribution is -0.120. The topological polar surface area (TPSA) is 92.5 Å². The molecule has 2 heterocycles. The molecular weight excluding hydrogens is 390 g/mol. The van der Waals surface area contributed by atoms with Crippen LogP contribution in [0.25, 0.3) is 11.1 Å². The Kier molecular flexibility index (Phi) is 5.04. The van der Waals surface area contributed by atoms with Crippen LogP contribution in [0.3, 0.4) is 0 Å². The second kappa shape index (κ2) is 7.51. The van der Waals surface area contributed by atoms with Gasteiger partial charge < -0.3 is 14.6 Å². The highest BCUT2D eigenvalue weighted by atomic mass is 32.2. The number of piperidine rings is 1. The van der Waals surface area contributed by atoms with E-state index >= 15 is 0 Å². The highest BCUT2D eigenvalue weighted by Gasteiger charge is 2.27. The molecule has 0 bridgehead atoms. The van der Waals surface area contributed by atoms with Gasteiger partial charge in [0, 0.05) is 31.0 Å². The van der Waals surface area contributed by atoms with Crippen LogP contribution in [0.4, 0.5) is 11.7 Å². The summed E-state index contributed by atoms with van der Waals surface area (Å²) in [6, 6.07) is 13.0. The maximum atomic E-state index is 12.7. The summed E-state index contributed by atoms with van der Waals surface area (Å²) in [7, 11) is -3.33. The zero-order valence-corrected chi connectivity index (χ0v) is 17.2. The fourth-order valence-electron chi connectivity index (χ4n) is 3.53. The number of benzene rings is 2. The fraction of sp³-hybridized carbons (Fsp3) is 0.333. The molecule has 29 heavy (non-hydrogen) atoms. The summed E-state index contributed by atoms with van der Waals surface area (Å²) in [6.45, 7) is 3.19. The van der Waals surface area contributed by atoms with Gasteiger partial charge in [0.25, 0.3) is 6.01 Å². The Bertz CT molecular complexity index is 1130. The molecule has 1 amide bonds. The van der Waals surface area contributed by atoms with Gasteiger partial charge in [-0.25, -0.2) is 8.42 Å². The van der Waals surface area contributed by atoms with Gasteiger partial charge in [0.15, 0.2) is 15.4 Å². The quantitative estimate of drug-likeness (QED) is 0.705. The Morgan fingerprint density at radius 2 is 1.90 bits per heavy atom. The third kappa shape index (κ3) is 4.12. The molecule has 2 aromatic carbocycles. The molecule has 0 unspecified atom stereocenters. The van der Waals surface area contributed by atoms with E-state index in [9.17, 15) is 13.2 Å². The molecule has 1 saturated heterocycles. The highest BCUT2D eigenvalue weighted by Crippen LogP contribution is 2.28. The van der Waals surface area contributed by atoms with Crippen LogP contribution >= 0.6 is 0 Å². The van der Waals surface area contributed by atoms with E-state index in [2.05, 4.69) is 15.2 Å². The number of rotatable bonds is 4. The smallest absolute Gasteiger partial charge is 0.298 e. The van der Waals surface area contributed by atoms with E-state index in [-0.39, 0.29) is 16.7 Å². The number of nitrogens with one attached hydrogen (secondary N) is 1. The van der Waals surface area contributed by atoms with Crippen molar-refractivity contribution in [3.8, 4) is 0 Å². The first-order valence-corrected chi connectivity index (χ1v) is 11.4. The third-order valence-corrected chi connectivity index (χ3v) is 6.42. The predicted molar refractivity (Wildman–Crippen MR) is 112 cm³/mol. The first kappa shape index (κ1) is 19.4. The van der Waals surface area contributed by atoms with Crippen LogP contribution in [-0.2, 0) is 14.6 Å². The molecule has 7 nitrogen and oxygen atoms in total. The van der Waals surface area contributed by atoms with E-state index in [0.717, 1.165) is 22.9 Å². The van der Waals surface area contributed by atoms with Crippen LogP contribution in [0.5, 0.6) is 0 Å². The largest absolute Gasteiger partial charge is 0.423 e. The van der Waals surface area contributed by atoms with E-state index < -0.39 is 9.84 Å². The standard InChI is InChI=1S/C21H23N3O4S/c1-14-7-8-16(29(2,26)27)13-18(14)22-20(25)15-9-11-24(12-10-15)21-23-17-5-3-4-6-19(17)28-21/h3-8,13,15H,9-12H2,1-2H3,(H,22,25). The summed E-state index contributed by atoms with van der Waals surface area (Å²) in [5.74, 6) is -0.229. The summed E-state index contributed by atoms with van der Waals surface area (Å²) >= 11 is 0. The molecule has 1 aliphatic heterocycles. The maximum absolute atomic E-state index is 12.7. The van der Waals surface area contributed by atoms with Gasteiger partial charge in [0.1, 0.15) is 5.52 Å². The second-order valence-corrected chi connectivity index (χ2v) is 9.48. The second-order valence-electron chi connectivity index (χ2n) is 7.46. The normalized spacial score (nSPS) is 15.6. The monoisotopic (exact) mass is 413 g/mol. The number of hydrogen-bond acceptors (Lipinski definition) is 6. The van der Waals surface area contributed by atoms with Crippen molar-refractivity contribution in [1.29, 1.82) is 0 Å². The van der Waals surface area contributed by atoms with Crippen molar-refractivity contribution < 1.29 is 17.6 Å². The van der Waals surface area contributed by atoms with Crippen LogP contribution in [0.1, 0.15) is 18.4 Å². The van der Waals surface area contributed by atoms with Crippen molar-refractivity contribution in [1.82, 2.24) is 4.98 Å². The maximum Gasteiger partial charge on any atom is 0.298 e. The molecular formula is C21H23N3O4S. The van der Waals surface area contributed by atoms with Gasteiger partial charge in [-0.2, -0.15) is 4.98 Å². The van der Waals surface area contributed by atoms with Crippen molar-refractivity contribution >= 4 is 38.5 Å². The lowest BCUT2D eigenvalue weighted by atomic mass is 9.96. The van der Waals surface area contributed by atoms with Gasteiger partial charge in [0.05, 0.1) is 4.90 Å². The third-order valence-electron chi connectivity index (χ3n) is 5.31. The van der Waals surface area contributed by atoms with Crippen molar-refractivity contribution in [3.05, 3.63) is 48.0 Å². The summed E-state index contributed by atoms with van der Waals surface area (Å²) < 4.78 is 29.4. The molecule has 3 aromatic rings. The zero-order chi connectivity index (χ0) is 20.6. The average Bonchev–Trinajstić information content (AvgIpc) is 3.13. The summed E-state index contributed by atoms with van der Waals surface area (Å²) in [6.07, 6.45) is 2.51. The number of aromatic nitrogens is 1. The Morgan fingerprint density at radius 1 is 1.17 bits per heavy atom. The Morgan fingerprint density at radius 3 is 2.59 bits per heavy atom. The molecule has 0 spiro atoms. The molecule has 8 heteroatoms. The van der Waals surface area contributed by atoms with Crippen LogP contribution < -0.4 is 10.2 Å². The van der Waals surface area contributed by atoms with Gasteiger partial charge >= 0.3 is 0 Å². The van der Waals surface area contributed by atoms with Crippen molar-refractivity contribution in [2.24, 2.45) is 5.92 Å². The molecule has 0 atom stereocenters. The van der Waals surface area contributed by atoms with Crippen LogP contribution in [0.15, 0.2) is 51.8 Å². The lowest BCUT2D eigenvalue weighted by Crippen LogP contribution is -2.38. The van der Waals surface area contributed by atoms with Gasteiger partial charge in [-0.15, -0.1) is 0 Å². The Labute approximate surface area is 169 Å². The summed E-state index contributed by atoms with van der Waals surface area (Å²) in [4.78, 5) is 19.5. The van der Waals surface area contributed by atoms with E-state index in [0.29, 0.717) is 37.6 Å². The number of nitrogens with zero attached hydrogens (tertiary/aromatic N) is 2. The average molecular weight is 413 g/mol. The van der Waals surface area contributed by atoms with Crippen LogP contribution in [0.2, 0.25) is 0 Å². The lowest BCUT2D eigenvalue weighted by Gasteiger charge is -2.30. The van der Waals surface area contributed by atoms with Crippen molar-refractivity contribution in [2.75, 3.05) is 29.6 Å². The number of sulfone groups is 1. The van der Waals surface area contributed by atoms with Gasteiger partial charge in [-0.05, 0) is 49.6 Å². The molecule has 1 N–H and O–H groups in total. The first-order chi connectivity index (χ1) is 13.8. The number of para-hydroxylation sites is 2. The fourth-order valence-corrected chi connectivity index (χ4v) is 4.18. The minimum atomic E-state index is -3.33. The van der Waals surface area contributed by atoms with Gasteiger partial charge in [0.2, 0.25) is 5.91 Å². The van der Waals surface area contributed by atoms with Crippen LogP contribution in [-0.4, -0.2) is 38.7 Å². The van der Waals surface area contributed by atoms with Gasteiger partial charge in [-0.3, -0.25) is 4.79 Å². The van der Waals surface area contributed by atoms with Crippen LogP contribution in [0, 0.1) is 12.8 Å². The highest BCUT2D eigenvalue weighted by molar-refractivity contribution is 7.90. The summed E-state index contributed by atoms with van der Waals surface area (Å²) in [5, 5.41) is 2.91. The van der Waals surface area contributed by atoms with E-state index in [4.69, 9.17) is 4.42 Å². The molecule has 0 aliphatic carbocycles. The Hall–Kier alpha value is -2.87. The SMILES string of the molecule is Cc1ccc(S(C)(=O)=O)cc1NC(=O)C1CCN(c2nc3ccccc3o2)CC1. The molecule has 4 rings (SSSR count). The molecule has 0 radical (unpaired) electrons. The molecule has 1 aliphatic rings. The summed E-state index contributed by atoms with van der Waals surface area (Å²) in [5.41, 5.74) is 2.95. The molecule has 0 saturated carbocycles. The zero-order valence-electron chi connectivity index (χ0n) is 16.4. The van der Waals surface area contributed by atoms with E-state index in [1.807, 2.05) is 31.2 Å². The van der Waals surface area contributed by atoms with E-state index in [1.54, 1.807) is 12.1 Å². The predicted octanol–water partition coefficient (Wildman–Crippen LogP) is 3.39. The Balaban J connectivity index is 1.42.